The average molecular weight is 255 g/mol. The molecule has 0 spiro atoms. The maximum Gasteiger partial charge on any atom is 0.0192 e. The van der Waals surface area contributed by atoms with Gasteiger partial charge in [0.1, 0.15) is 0 Å². The first-order valence-electron chi connectivity index (χ1n) is 7.56. The van der Waals surface area contributed by atoms with E-state index in [0.717, 1.165) is 24.9 Å². The Morgan fingerprint density at radius 3 is 2.33 bits per heavy atom. The molecular formula is C15H33N3. The Bertz CT molecular complexity index is 230. The van der Waals surface area contributed by atoms with Crippen molar-refractivity contribution in [2.75, 3.05) is 39.8 Å². The van der Waals surface area contributed by atoms with Gasteiger partial charge in [-0.1, -0.05) is 20.8 Å². The standard InChI is InChI=1S/C15H33N3/c1-12(2)9-16-10-13(3)15(5)18-8-7-17(6)14(4)11-18/h12-16H,7-11H2,1-6H3. The summed E-state index contributed by atoms with van der Waals surface area (Å²) in [4.78, 5) is 5.12. The first-order valence-corrected chi connectivity index (χ1v) is 7.56. The highest BCUT2D eigenvalue weighted by molar-refractivity contribution is 4.83. The van der Waals surface area contributed by atoms with Gasteiger partial charge < -0.3 is 10.2 Å². The smallest absolute Gasteiger partial charge is 0.0192 e. The molecule has 0 saturated carbocycles. The van der Waals surface area contributed by atoms with Crippen LogP contribution in [-0.2, 0) is 0 Å². The average Bonchev–Trinajstić information content (AvgIpc) is 2.31. The van der Waals surface area contributed by atoms with E-state index in [4.69, 9.17) is 0 Å². The predicted octanol–water partition coefficient (Wildman–Crippen LogP) is 1.89. The van der Waals surface area contributed by atoms with Crippen LogP contribution >= 0.6 is 0 Å². The van der Waals surface area contributed by atoms with Crippen molar-refractivity contribution in [3.8, 4) is 0 Å². The minimum absolute atomic E-state index is 0.681. The van der Waals surface area contributed by atoms with Gasteiger partial charge in [0.2, 0.25) is 0 Å². The van der Waals surface area contributed by atoms with Crippen LogP contribution in [0, 0.1) is 11.8 Å². The van der Waals surface area contributed by atoms with Gasteiger partial charge in [0.25, 0.3) is 0 Å². The second-order valence-electron chi connectivity index (χ2n) is 6.59. The quantitative estimate of drug-likeness (QED) is 0.782. The van der Waals surface area contributed by atoms with E-state index < -0.39 is 0 Å². The molecule has 0 aromatic heterocycles. The number of rotatable bonds is 6. The van der Waals surface area contributed by atoms with Crippen molar-refractivity contribution in [1.29, 1.82) is 0 Å². The first-order chi connectivity index (χ1) is 8.41. The van der Waals surface area contributed by atoms with Gasteiger partial charge in [-0.05, 0) is 45.8 Å². The lowest BCUT2D eigenvalue weighted by Crippen LogP contribution is -2.54. The largest absolute Gasteiger partial charge is 0.316 e. The number of hydrogen-bond donors (Lipinski definition) is 1. The molecule has 108 valence electrons. The van der Waals surface area contributed by atoms with E-state index in [9.17, 15) is 0 Å². The fourth-order valence-electron chi connectivity index (χ4n) is 2.58. The third-order valence-corrected chi connectivity index (χ3v) is 4.41. The van der Waals surface area contributed by atoms with Crippen LogP contribution in [0.3, 0.4) is 0 Å². The first kappa shape index (κ1) is 15.9. The highest BCUT2D eigenvalue weighted by atomic mass is 15.3. The summed E-state index contributed by atoms with van der Waals surface area (Å²) in [6, 6.07) is 1.37. The fraction of sp³-hybridized carbons (Fsp3) is 1.00. The Morgan fingerprint density at radius 1 is 1.11 bits per heavy atom. The molecule has 3 atom stereocenters. The molecule has 1 heterocycles. The molecule has 1 aliphatic heterocycles. The van der Waals surface area contributed by atoms with Crippen LogP contribution in [0.2, 0.25) is 0 Å². The monoisotopic (exact) mass is 255 g/mol. The third kappa shape index (κ3) is 4.87. The number of nitrogens with one attached hydrogen (secondary N) is 1. The number of likely N-dealkylation sites (N-methyl/N-ethyl adjacent to an activating group) is 1. The molecule has 0 aromatic rings. The summed E-state index contributed by atoms with van der Waals surface area (Å²) in [7, 11) is 2.24. The highest BCUT2D eigenvalue weighted by Crippen LogP contribution is 2.15. The van der Waals surface area contributed by atoms with Crippen LogP contribution in [-0.4, -0.2) is 61.7 Å². The molecule has 18 heavy (non-hydrogen) atoms. The summed E-state index contributed by atoms with van der Waals surface area (Å²) in [5.74, 6) is 1.47. The number of nitrogens with zero attached hydrogens (tertiary/aromatic N) is 2. The zero-order chi connectivity index (χ0) is 13.7. The number of piperazine rings is 1. The highest BCUT2D eigenvalue weighted by Gasteiger charge is 2.26. The lowest BCUT2D eigenvalue weighted by molar-refractivity contribution is 0.0587. The summed E-state index contributed by atoms with van der Waals surface area (Å²) >= 11 is 0. The normalized spacial score (nSPS) is 26.5. The van der Waals surface area contributed by atoms with Crippen molar-refractivity contribution < 1.29 is 0 Å². The van der Waals surface area contributed by atoms with Crippen molar-refractivity contribution in [2.24, 2.45) is 11.8 Å². The molecule has 1 rings (SSSR count). The second-order valence-corrected chi connectivity index (χ2v) is 6.59. The summed E-state index contributed by atoms with van der Waals surface area (Å²) < 4.78 is 0. The van der Waals surface area contributed by atoms with Crippen molar-refractivity contribution in [3.63, 3.8) is 0 Å². The summed E-state index contributed by atoms with van der Waals surface area (Å²) in [6.45, 7) is 17.5. The molecule has 1 saturated heterocycles. The van der Waals surface area contributed by atoms with Gasteiger partial charge in [0.05, 0.1) is 0 Å². The van der Waals surface area contributed by atoms with Gasteiger partial charge in [0, 0.05) is 31.7 Å². The predicted molar refractivity (Wildman–Crippen MR) is 80.0 cm³/mol. The van der Waals surface area contributed by atoms with Crippen LogP contribution < -0.4 is 5.32 Å². The van der Waals surface area contributed by atoms with Crippen LogP contribution in [0.25, 0.3) is 0 Å². The van der Waals surface area contributed by atoms with Crippen LogP contribution in [0.5, 0.6) is 0 Å². The molecule has 1 fully saturated rings. The molecule has 3 unspecified atom stereocenters. The van der Waals surface area contributed by atoms with E-state index in [0.29, 0.717) is 12.1 Å². The minimum Gasteiger partial charge on any atom is -0.316 e. The zero-order valence-electron chi connectivity index (χ0n) is 13.2. The van der Waals surface area contributed by atoms with Gasteiger partial charge in [-0.3, -0.25) is 4.90 Å². The molecular weight excluding hydrogens is 222 g/mol. The van der Waals surface area contributed by atoms with E-state index in [1.807, 2.05) is 0 Å². The van der Waals surface area contributed by atoms with Gasteiger partial charge in [-0.2, -0.15) is 0 Å². The Labute approximate surface area is 114 Å². The van der Waals surface area contributed by atoms with Crippen LogP contribution in [0.4, 0.5) is 0 Å². The van der Waals surface area contributed by atoms with Crippen molar-refractivity contribution in [3.05, 3.63) is 0 Å². The molecule has 0 amide bonds. The van der Waals surface area contributed by atoms with Crippen molar-refractivity contribution in [2.45, 2.75) is 46.7 Å². The third-order valence-electron chi connectivity index (χ3n) is 4.41. The maximum absolute atomic E-state index is 3.59. The van der Waals surface area contributed by atoms with Crippen LogP contribution in [0.1, 0.15) is 34.6 Å². The maximum atomic E-state index is 3.59. The Hall–Kier alpha value is -0.120. The summed E-state index contributed by atoms with van der Waals surface area (Å²) in [6.07, 6.45) is 0. The Kier molecular flexibility index (Phi) is 6.61. The van der Waals surface area contributed by atoms with Crippen molar-refractivity contribution >= 4 is 0 Å². The van der Waals surface area contributed by atoms with E-state index in [1.54, 1.807) is 0 Å². The molecule has 1 N–H and O–H groups in total. The molecule has 0 radical (unpaired) electrons. The van der Waals surface area contributed by atoms with Crippen LogP contribution in [0.15, 0.2) is 0 Å². The van der Waals surface area contributed by atoms with Gasteiger partial charge in [-0.15, -0.1) is 0 Å². The second kappa shape index (κ2) is 7.46. The molecule has 0 aliphatic carbocycles. The summed E-state index contributed by atoms with van der Waals surface area (Å²) in [5, 5.41) is 3.59. The van der Waals surface area contributed by atoms with Gasteiger partial charge in [-0.25, -0.2) is 0 Å². The summed E-state index contributed by atoms with van der Waals surface area (Å²) in [5.41, 5.74) is 0. The zero-order valence-corrected chi connectivity index (χ0v) is 13.2. The minimum atomic E-state index is 0.681. The van der Waals surface area contributed by atoms with E-state index >= 15 is 0 Å². The lowest BCUT2D eigenvalue weighted by atomic mass is 10.00. The molecule has 0 bridgehead atoms. The van der Waals surface area contributed by atoms with Gasteiger partial charge in [0.15, 0.2) is 0 Å². The van der Waals surface area contributed by atoms with Gasteiger partial charge >= 0.3 is 0 Å². The Morgan fingerprint density at radius 2 is 1.78 bits per heavy atom. The molecule has 0 aromatic carbocycles. The van der Waals surface area contributed by atoms with E-state index in [1.165, 1.54) is 19.6 Å². The molecule has 1 aliphatic rings. The van der Waals surface area contributed by atoms with E-state index in [-0.39, 0.29) is 0 Å². The number of hydrogen-bond acceptors (Lipinski definition) is 3. The molecule has 3 nitrogen and oxygen atoms in total. The molecule has 3 heteroatoms. The topological polar surface area (TPSA) is 18.5 Å². The van der Waals surface area contributed by atoms with E-state index in [2.05, 4.69) is 56.8 Å². The Balaban J connectivity index is 2.32. The van der Waals surface area contributed by atoms with Crippen molar-refractivity contribution in [1.82, 2.24) is 15.1 Å². The lowest BCUT2D eigenvalue weighted by Gasteiger charge is -2.42. The SMILES string of the molecule is CC(C)CNCC(C)C(C)N1CCN(C)C(C)C1. The fourth-order valence-corrected chi connectivity index (χ4v) is 2.58.